The van der Waals surface area contributed by atoms with Crippen LogP contribution in [0.2, 0.25) is 5.02 Å². The number of hydrogen-bond acceptors (Lipinski definition) is 2. The molecule has 2 aromatic rings. The lowest BCUT2D eigenvalue weighted by Gasteiger charge is -2.40. The van der Waals surface area contributed by atoms with Gasteiger partial charge in [0.25, 0.3) is 5.91 Å². The highest BCUT2D eigenvalue weighted by Crippen LogP contribution is 2.41. The molecule has 0 bridgehead atoms. The number of halogens is 4. The first-order chi connectivity index (χ1) is 11.2. The van der Waals surface area contributed by atoms with E-state index in [1.165, 1.54) is 6.07 Å². The molecule has 1 aromatic carbocycles. The van der Waals surface area contributed by atoms with Crippen molar-refractivity contribution in [1.29, 1.82) is 0 Å². The van der Waals surface area contributed by atoms with Gasteiger partial charge in [-0.2, -0.15) is 18.3 Å². The molecule has 128 valence electrons. The smallest absolute Gasteiger partial charge is 0.323 e. The number of nitrogens with zero attached hydrogens (tertiary/aromatic N) is 2. The van der Waals surface area contributed by atoms with Gasteiger partial charge in [0.15, 0.2) is 0 Å². The number of anilines is 1. The fourth-order valence-corrected chi connectivity index (χ4v) is 2.98. The highest BCUT2D eigenvalue weighted by atomic mass is 35.5. The average molecular weight is 358 g/mol. The third kappa shape index (κ3) is 2.88. The Morgan fingerprint density at radius 2 is 2.08 bits per heavy atom. The molecule has 3 rings (SSSR count). The second kappa shape index (κ2) is 5.81. The quantitative estimate of drug-likeness (QED) is 0.886. The molecule has 0 atom stereocenters. The van der Waals surface area contributed by atoms with Crippen LogP contribution < -0.4 is 5.32 Å². The summed E-state index contributed by atoms with van der Waals surface area (Å²) in [6.07, 6.45) is 1.10. The Labute approximate surface area is 141 Å². The van der Waals surface area contributed by atoms with E-state index in [-0.39, 0.29) is 16.6 Å². The van der Waals surface area contributed by atoms with E-state index in [9.17, 15) is 18.0 Å². The molecule has 24 heavy (non-hydrogen) atoms. The predicted octanol–water partition coefficient (Wildman–Crippen LogP) is 4.38. The Balaban J connectivity index is 1.84. The van der Waals surface area contributed by atoms with Crippen molar-refractivity contribution in [3.05, 3.63) is 46.7 Å². The number of aryl methyl sites for hydroxylation is 1. The molecule has 8 heteroatoms. The number of hydrogen-bond donors (Lipinski definition) is 1. The van der Waals surface area contributed by atoms with Crippen molar-refractivity contribution in [3.63, 3.8) is 0 Å². The van der Waals surface area contributed by atoms with Crippen LogP contribution in [0.4, 0.5) is 18.9 Å². The molecule has 1 fully saturated rings. The van der Waals surface area contributed by atoms with Gasteiger partial charge in [-0.1, -0.05) is 11.6 Å². The Bertz CT molecular complexity index is 781. The van der Waals surface area contributed by atoms with Crippen LogP contribution in [0.3, 0.4) is 0 Å². The van der Waals surface area contributed by atoms with E-state index in [0.29, 0.717) is 12.8 Å². The molecule has 1 heterocycles. The van der Waals surface area contributed by atoms with Crippen molar-refractivity contribution in [2.75, 3.05) is 5.32 Å². The zero-order chi connectivity index (χ0) is 17.5. The molecule has 1 aliphatic carbocycles. The average Bonchev–Trinajstić information content (AvgIpc) is 2.85. The molecule has 0 spiro atoms. The van der Waals surface area contributed by atoms with Crippen LogP contribution in [0.15, 0.2) is 30.6 Å². The first-order valence-electron chi connectivity index (χ1n) is 7.42. The third-order valence-corrected chi connectivity index (χ3v) is 4.61. The van der Waals surface area contributed by atoms with Crippen LogP contribution in [-0.2, 0) is 16.5 Å². The second-order valence-electron chi connectivity index (χ2n) is 5.99. The molecule has 1 saturated carbocycles. The first-order valence-corrected chi connectivity index (χ1v) is 7.80. The number of amides is 1. The molecule has 0 unspecified atom stereocenters. The van der Waals surface area contributed by atoms with Crippen molar-refractivity contribution in [2.24, 2.45) is 0 Å². The maximum atomic E-state index is 12.7. The van der Waals surface area contributed by atoms with Crippen molar-refractivity contribution < 1.29 is 18.0 Å². The predicted molar refractivity (Wildman–Crippen MR) is 83.9 cm³/mol. The summed E-state index contributed by atoms with van der Waals surface area (Å²) in [7, 11) is 0. The van der Waals surface area contributed by atoms with Gasteiger partial charge < -0.3 is 5.32 Å². The van der Waals surface area contributed by atoms with Gasteiger partial charge in [0.2, 0.25) is 0 Å². The van der Waals surface area contributed by atoms with E-state index in [1.807, 2.05) is 6.92 Å². The largest absolute Gasteiger partial charge is 0.416 e. The summed E-state index contributed by atoms with van der Waals surface area (Å²) >= 11 is 5.90. The molecule has 0 saturated heterocycles. The molecule has 1 aliphatic rings. The highest BCUT2D eigenvalue weighted by molar-refractivity contribution is 6.33. The second-order valence-corrected chi connectivity index (χ2v) is 6.40. The van der Waals surface area contributed by atoms with Crippen LogP contribution in [0.1, 0.15) is 30.4 Å². The number of rotatable bonds is 3. The summed E-state index contributed by atoms with van der Waals surface area (Å²) < 4.78 is 39.7. The fraction of sp³-hybridized carbons (Fsp3) is 0.375. The normalized spacial score (nSPS) is 16.5. The van der Waals surface area contributed by atoms with Crippen LogP contribution >= 0.6 is 11.6 Å². The van der Waals surface area contributed by atoms with E-state index in [2.05, 4.69) is 10.4 Å². The molecular weight excluding hydrogens is 343 g/mol. The Morgan fingerprint density at radius 3 is 2.54 bits per heavy atom. The van der Waals surface area contributed by atoms with Gasteiger partial charge in [-0.05, 0) is 49.9 Å². The van der Waals surface area contributed by atoms with Crippen molar-refractivity contribution in [3.8, 4) is 0 Å². The monoisotopic (exact) mass is 357 g/mol. The lowest BCUT2D eigenvalue weighted by Crippen LogP contribution is -2.51. The number of nitrogens with one attached hydrogen (secondary N) is 1. The van der Waals surface area contributed by atoms with E-state index in [4.69, 9.17) is 11.6 Å². The molecule has 1 N–H and O–H groups in total. The van der Waals surface area contributed by atoms with Gasteiger partial charge in [-0.3, -0.25) is 9.48 Å². The first kappa shape index (κ1) is 16.8. The molecule has 0 radical (unpaired) electrons. The molecular formula is C16H15ClF3N3O. The SMILES string of the molecule is Cc1cnn(C2(C(=O)Nc3ccc(C(F)(F)F)cc3Cl)CCC2)c1. The Hall–Kier alpha value is -2.02. The molecule has 0 aliphatic heterocycles. The lowest BCUT2D eigenvalue weighted by atomic mass is 9.76. The van der Waals surface area contributed by atoms with Crippen molar-refractivity contribution >= 4 is 23.2 Å². The number of carbonyl (C=O) groups is 1. The number of benzene rings is 1. The van der Waals surface area contributed by atoms with Crippen LogP contribution in [-0.4, -0.2) is 15.7 Å². The van der Waals surface area contributed by atoms with Crippen LogP contribution in [0, 0.1) is 6.92 Å². The minimum atomic E-state index is -4.48. The summed E-state index contributed by atoms with van der Waals surface area (Å²) in [4.78, 5) is 12.7. The third-order valence-electron chi connectivity index (χ3n) is 4.30. The Morgan fingerprint density at radius 1 is 1.38 bits per heavy atom. The van der Waals surface area contributed by atoms with Gasteiger partial charge in [0, 0.05) is 6.20 Å². The van der Waals surface area contributed by atoms with Gasteiger partial charge in [0.1, 0.15) is 5.54 Å². The highest BCUT2D eigenvalue weighted by Gasteiger charge is 2.47. The summed E-state index contributed by atoms with van der Waals surface area (Å²) in [5.41, 5.74) is -0.571. The molecule has 4 nitrogen and oxygen atoms in total. The fourth-order valence-electron chi connectivity index (χ4n) is 2.75. The number of alkyl halides is 3. The Kier molecular flexibility index (Phi) is 4.07. The summed E-state index contributed by atoms with van der Waals surface area (Å²) in [6.45, 7) is 1.88. The maximum absolute atomic E-state index is 12.7. The van der Waals surface area contributed by atoms with E-state index < -0.39 is 17.3 Å². The summed E-state index contributed by atoms with van der Waals surface area (Å²) in [5.74, 6) is -0.321. The van der Waals surface area contributed by atoms with Gasteiger partial charge >= 0.3 is 6.18 Å². The van der Waals surface area contributed by atoms with Crippen LogP contribution in [0.5, 0.6) is 0 Å². The zero-order valence-corrected chi connectivity index (χ0v) is 13.6. The minimum absolute atomic E-state index is 0.149. The van der Waals surface area contributed by atoms with E-state index >= 15 is 0 Å². The number of aromatic nitrogens is 2. The van der Waals surface area contributed by atoms with Gasteiger partial charge in [0.05, 0.1) is 22.5 Å². The minimum Gasteiger partial charge on any atom is -0.323 e. The standard InChI is InChI=1S/C16H15ClF3N3O/c1-10-8-21-23(9-10)15(5-2-6-15)14(24)22-13-4-3-11(7-12(13)17)16(18,19)20/h3-4,7-9H,2,5-6H2,1H3,(H,22,24). The molecule has 1 amide bonds. The lowest BCUT2D eigenvalue weighted by molar-refractivity contribution is -0.137. The zero-order valence-electron chi connectivity index (χ0n) is 12.8. The van der Waals surface area contributed by atoms with E-state index in [0.717, 1.165) is 24.1 Å². The van der Waals surface area contributed by atoms with Crippen molar-refractivity contribution in [1.82, 2.24) is 9.78 Å². The summed E-state index contributed by atoms with van der Waals surface area (Å²) in [6, 6.07) is 2.87. The maximum Gasteiger partial charge on any atom is 0.416 e. The van der Waals surface area contributed by atoms with Gasteiger partial charge in [-0.25, -0.2) is 0 Å². The van der Waals surface area contributed by atoms with Crippen LogP contribution in [0.25, 0.3) is 0 Å². The van der Waals surface area contributed by atoms with Crippen molar-refractivity contribution in [2.45, 2.75) is 37.9 Å². The summed E-state index contributed by atoms with van der Waals surface area (Å²) in [5, 5.41) is 6.71. The van der Waals surface area contributed by atoms with E-state index in [1.54, 1.807) is 17.1 Å². The molecule has 1 aromatic heterocycles. The topological polar surface area (TPSA) is 46.9 Å². The van der Waals surface area contributed by atoms with Gasteiger partial charge in [-0.15, -0.1) is 0 Å². The number of carbonyl (C=O) groups excluding carboxylic acids is 1.